The van der Waals surface area contributed by atoms with Gasteiger partial charge in [-0.1, -0.05) is 18.2 Å². The molecule has 0 atom stereocenters. The molecule has 2 aromatic heterocycles. The first-order valence-electron chi connectivity index (χ1n) is 9.42. The van der Waals surface area contributed by atoms with E-state index in [0.717, 1.165) is 38.6 Å². The normalized spacial score (nSPS) is 15.6. The van der Waals surface area contributed by atoms with Crippen LogP contribution in [-0.2, 0) is 5.54 Å². The molecule has 0 saturated heterocycles. The van der Waals surface area contributed by atoms with Crippen LogP contribution in [0.2, 0.25) is 0 Å². The van der Waals surface area contributed by atoms with Gasteiger partial charge in [0.15, 0.2) is 0 Å². The van der Waals surface area contributed by atoms with Crippen LogP contribution in [-0.4, -0.2) is 25.9 Å². The molecule has 1 aliphatic heterocycles. The highest BCUT2D eigenvalue weighted by molar-refractivity contribution is 6.07. The Kier molecular flexibility index (Phi) is 3.35. The predicted molar refractivity (Wildman–Crippen MR) is 115 cm³/mol. The van der Waals surface area contributed by atoms with Crippen LogP contribution in [0.5, 0.6) is 5.88 Å². The molecule has 140 valence electrons. The number of aryl methyl sites for hydroxylation is 1. The van der Waals surface area contributed by atoms with Gasteiger partial charge in [0.1, 0.15) is 0 Å². The minimum Gasteiger partial charge on any atom is -0.494 e. The topological polar surface area (TPSA) is 66.2 Å². The number of para-hydroxylation sites is 2. The molecule has 3 heterocycles. The summed E-state index contributed by atoms with van der Waals surface area (Å²) in [5.74, 6) is 0.758. The number of aromatic hydroxyl groups is 1. The van der Waals surface area contributed by atoms with Gasteiger partial charge in [0.25, 0.3) is 0 Å². The average Bonchev–Trinajstić information content (AvgIpc) is 3.16. The Morgan fingerprint density at radius 3 is 2.75 bits per heavy atom. The van der Waals surface area contributed by atoms with Gasteiger partial charge in [-0.25, -0.2) is 9.98 Å². The quantitative estimate of drug-likeness (QED) is 0.462. The van der Waals surface area contributed by atoms with Crippen molar-refractivity contribution in [2.45, 2.75) is 33.2 Å². The minimum atomic E-state index is -0.319. The average molecular weight is 370 g/mol. The molecule has 0 amide bonds. The largest absolute Gasteiger partial charge is 0.494 e. The first-order chi connectivity index (χ1) is 13.3. The van der Waals surface area contributed by atoms with Gasteiger partial charge in [0.05, 0.1) is 27.7 Å². The van der Waals surface area contributed by atoms with Crippen molar-refractivity contribution < 1.29 is 5.11 Å². The maximum atomic E-state index is 11.1. The molecule has 2 N–H and O–H groups in total. The van der Waals surface area contributed by atoms with Crippen molar-refractivity contribution >= 4 is 39.7 Å². The molecule has 5 heteroatoms. The Hall–Kier alpha value is -3.34. The second-order valence-corrected chi connectivity index (χ2v) is 8.10. The van der Waals surface area contributed by atoms with Gasteiger partial charge in [0, 0.05) is 17.2 Å². The first-order valence-corrected chi connectivity index (χ1v) is 9.42. The second kappa shape index (κ2) is 5.58. The van der Waals surface area contributed by atoms with Gasteiger partial charge in [-0.05, 0) is 63.1 Å². The summed E-state index contributed by atoms with van der Waals surface area (Å²) in [5.41, 5.74) is 6.82. The fraction of sp³-hybridized carbons (Fsp3) is 0.217. The van der Waals surface area contributed by atoms with Crippen molar-refractivity contribution in [2.24, 2.45) is 4.99 Å². The third kappa shape index (κ3) is 2.32. The number of nitrogens with zero attached hydrogens (tertiary/aromatic N) is 3. The van der Waals surface area contributed by atoms with Gasteiger partial charge >= 0.3 is 0 Å². The van der Waals surface area contributed by atoms with Crippen molar-refractivity contribution in [3.8, 4) is 5.88 Å². The molecule has 0 aliphatic carbocycles. The van der Waals surface area contributed by atoms with E-state index >= 15 is 0 Å². The van der Waals surface area contributed by atoms with Crippen LogP contribution in [0.1, 0.15) is 37.5 Å². The lowest BCUT2D eigenvalue weighted by Gasteiger charge is -2.31. The standard InChI is InChI=1S/C23H22N4O/c1-13-9-15-14(2)11-23(3,4)27-20(15)16(10-13)17(21(27)28)12-24-22-25-18-7-5-6-8-19(18)26-22/h5-12,28H,1-4H3,(H,25,26)/b24-12+. The Morgan fingerprint density at radius 2 is 1.96 bits per heavy atom. The van der Waals surface area contributed by atoms with E-state index in [0.29, 0.717) is 5.95 Å². The number of benzene rings is 2. The number of rotatable bonds is 2. The van der Waals surface area contributed by atoms with E-state index in [-0.39, 0.29) is 11.4 Å². The van der Waals surface area contributed by atoms with E-state index in [1.165, 1.54) is 5.57 Å². The molecule has 0 unspecified atom stereocenters. The Labute approximate surface area is 163 Å². The maximum absolute atomic E-state index is 11.1. The van der Waals surface area contributed by atoms with E-state index < -0.39 is 0 Å². The zero-order valence-electron chi connectivity index (χ0n) is 16.4. The van der Waals surface area contributed by atoms with E-state index in [9.17, 15) is 5.11 Å². The van der Waals surface area contributed by atoms with Gasteiger partial charge < -0.3 is 14.7 Å². The fourth-order valence-corrected chi connectivity index (χ4v) is 4.36. The van der Waals surface area contributed by atoms with Crippen molar-refractivity contribution in [3.63, 3.8) is 0 Å². The number of fused-ring (bicyclic) bond motifs is 1. The van der Waals surface area contributed by atoms with E-state index in [1.807, 2.05) is 28.8 Å². The molecule has 0 radical (unpaired) electrons. The molecule has 0 bridgehead atoms. The molecular formula is C23H22N4O. The van der Waals surface area contributed by atoms with Gasteiger partial charge in [-0.3, -0.25) is 0 Å². The molecule has 5 nitrogen and oxygen atoms in total. The highest BCUT2D eigenvalue weighted by Gasteiger charge is 2.31. The molecule has 4 aromatic rings. The third-order valence-corrected chi connectivity index (χ3v) is 5.48. The molecule has 5 rings (SSSR count). The number of imidazole rings is 1. The van der Waals surface area contributed by atoms with Crippen LogP contribution in [0.4, 0.5) is 5.95 Å². The molecule has 1 aliphatic rings. The number of aliphatic imine (C=N–C) groups is 1. The van der Waals surface area contributed by atoms with E-state index in [4.69, 9.17) is 0 Å². The highest BCUT2D eigenvalue weighted by Crippen LogP contribution is 2.44. The van der Waals surface area contributed by atoms with E-state index in [2.05, 4.69) is 60.9 Å². The number of hydrogen-bond acceptors (Lipinski definition) is 3. The summed E-state index contributed by atoms with van der Waals surface area (Å²) in [5, 5.41) is 12.1. The molecule has 0 spiro atoms. The number of H-pyrrole nitrogens is 1. The monoisotopic (exact) mass is 370 g/mol. The Balaban J connectivity index is 1.73. The predicted octanol–water partition coefficient (Wildman–Crippen LogP) is 5.43. The van der Waals surface area contributed by atoms with Crippen molar-refractivity contribution in [1.82, 2.24) is 14.5 Å². The van der Waals surface area contributed by atoms with Crippen LogP contribution >= 0.6 is 0 Å². The number of aromatic amines is 1. The van der Waals surface area contributed by atoms with Gasteiger partial charge in [-0.2, -0.15) is 0 Å². The summed E-state index contributed by atoms with van der Waals surface area (Å²) < 4.78 is 2.00. The number of hydrogen-bond donors (Lipinski definition) is 2. The third-order valence-electron chi connectivity index (χ3n) is 5.48. The summed E-state index contributed by atoms with van der Waals surface area (Å²) in [6.07, 6.45) is 3.92. The molecule has 0 saturated carbocycles. The van der Waals surface area contributed by atoms with Crippen molar-refractivity contribution in [1.29, 1.82) is 0 Å². The number of allylic oxidation sites excluding steroid dienone is 2. The summed E-state index contributed by atoms with van der Waals surface area (Å²) in [7, 11) is 0. The Bertz CT molecular complexity index is 1280. The van der Waals surface area contributed by atoms with Crippen LogP contribution in [0.25, 0.3) is 27.5 Å². The Morgan fingerprint density at radius 1 is 1.18 bits per heavy atom. The lowest BCUT2D eigenvalue weighted by atomic mass is 9.91. The zero-order chi connectivity index (χ0) is 19.6. The van der Waals surface area contributed by atoms with Crippen LogP contribution < -0.4 is 0 Å². The SMILES string of the molecule is CC1=CC(C)(C)n2c(O)c(/C=N/c3nc4ccccc4[nH]3)c3cc(C)cc1c32. The smallest absolute Gasteiger partial charge is 0.227 e. The summed E-state index contributed by atoms with van der Waals surface area (Å²) in [4.78, 5) is 12.2. The summed E-state index contributed by atoms with van der Waals surface area (Å²) >= 11 is 0. The lowest BCUT2D eigenvalue weighted by Crippen LogP contribution is -2.26. The zero-order valence-corrected chi connectivity index (χ0v) is 16.4. The molecule has 0 fully saturated rings. The number of aromatic nitrogens is 3. The molecule has 28 heavy (non-hydrogen) atoms. The first kappa shape index (κ1) is 16.8. The molecular weight excluding hydrogens is 348 g/mol. The van der Waals surface area contributed by atoms with Gasteiger partial charge in [0.2, 0.25) is 11.8 Å². The summed E-state index contributed by atoms with van der Waals surface area (Å²) in [6.45, 7) is 8.43. The van der Waals surface area contributed by atoms with E-state index in [1.54, 1.807) is 6.21 Å². The molecule has 2 aromatic carbocycles. The minimum absolute atomic E-state index is 0.232. The fourth-order valence-electron chi connectivity index (χ4n) is 4.36. The highest BCUT2D eigenvalue weighted by atomic mass is 16.3. The van der Waals surface area contributed by atoms with Crippen molar-refractivity contribution in [3.05, 3.63) is 59.2 Å². The van der Waals surface area contributed by atoms with Crippen LogP contribution in [0, 0.1) is 6.92 Å². The van der Waals surface area contributed by atoms with Gasteiger partial charge in [-0.15, -0.1) is 0 Å². The maximum Gasteiger partial charge on any atom is 0.227 e. The van der Waals surface area contributed by atoms with Crippen LogP contribution in [0.3, 0.4) is 0 Å². The van der Waals surface area contributed by atoms with Crippen LogP contribution in [0.15, 0.2) is 47.5 Å². The second-order valence-electron chi connectivity index (χ2n) is 8.10. The number of nitrogens with one attached hydrogen (secondary N) is 1. The lowest BCUT2D eigenvalue weighted by molar-refractivity contribution is 0.361. The van der Waals surface area contributed by atoms with Crippen molar-refractivity contribution in [2.75, 3.05) is 0 Å². The summed E-state index contributed by atoms with van der Waals surface area (Å²) in [6, 6.07) is 12.1.